The molecular formula is C19H25NS. The van der Waals surface area contributed by atoms with Gasteiger partial charge in [-0.25, -0.2) is 0 Å². The summed E-state index contributed by atoms with van der Waals surface area (Å²) in [5.41, 5.74) is 5.50. The minimum atomic E-state index is 0.531. The molecule has 0 radical (unpaired) electrons. The molecule has 0 aliphatic carbocycles. The van der Waals surface area contributed by atoms with Crippen LogP contribution >= 0.6 is 11.8 Å². The fraction of sp³-hybridized carbons (Fsp3) is 0.368. The first-order valence-corrected chi connectivity index (χ1v) is 8.54. The normalized spacial score (nSPS) is 11.1. The lowest BCUT2D eigenvalue weighted by atomic mass is 10.1. The zero-order chi connectivity index (χ0) is 15.2. The molecule has 2 rings (SSSR count). The van der Waals surface area contributed by atoms with Crippen LogP contribution in [0.2, 0.25) is 0 Å². The molecule has 21 heavy (non-hydrogen) atoms. The summed E-state index contributed by atoms with van der Waals surface area (Å²) in [6, 6.07) is 16.1. The molecule has 2 aromatic carbocycles. The highest BCUT2D eigenvalue weighted by molar-refractivity contribution is 7.98. The monoisotopic (exact) mass is 299 g/mol. The van der Waals surface area contributed by atoms with E-state index < -0.39 is 0 Å². The van der Waals surface area contributed by atoms with E-state index in [0.29, 0.717) is 6.04 Å². The van der Waals surface area contributed by atoms with E-state index in [1.165, 1.54) is 27.1 Å². The molecule has 0 bridgehead atoms. The second-order valence-electron chi connectivity index (χ2n) is 5.90. The second-order valence-corrected chi connectivity index (χ2v) is 6.95. The van der Waals surface area contributed by atoms with Gasteiger partial charge in [0.1, 0.15) is 0 Å². The van der Waals surface area contributed by atoms with Crippen molar-refractivity contribution in [3.8, 4) is 0 Å². The number of hydrogen-bond acceptors (Lipinski definition) is 2. The van der Waals surface area contributed by atoms with Crippen LogP contribution in [0, 0.1) is 13.8 Å². The van der Waals surface area contributed by atoms with E-state index in [0.717, 1.165) is 12.3 Å². The van der Waals surface area contributed by atoms with Crippen LogP contribution in [0.25, 0.3) is 0 Å². The molecule has 112 valence electrons. The molecule has 0 heterocycles. The minimum absolute atomic E-state index is 0.531. The van der Waals surface area contributed by atoms with Crippen molar-refractivity contribution in [3.05, 3.63) is 64.7 Å². The Morgan fingerprint density at radius 1 is 1.00 bits per heavy atom. The van der Waals surface area contributed by atoms with Crippen LogP contribution in [-0.4, -0.2) is 6.04 Å². The molecule has 0 amide bonds. The SMILES string of the molecule is Cc1ccc(C)c(CSc2ccc(CNC(C)C)cc2)c1. The summed E-state index contributed by atoms with van der Waals surface area (Å²) in [5.74, 6) is 1.04. The first-order chi connectivity index (χ1) is 10.0. The third-order valence-electron chi connectivity index (χ3n) is 3.54. The van der Waals surface area contributed by atoms with Crippen molar-refractivity contribution in [1.82, 2.24) is 5.32 Å². The quantitative estimate of drug-likeness (QED) is 0.745. The molecule has 1 nitrogen and oxygen atoms in total. The molecule has 0 aromatic heterocycles. The first-order valence-electron chi connectivity index (χ1n) is 7.56. The van der Waals surface area contributed by atoms with Crippen molar-refractivity contribution in [3.63, 3.8) is 0 Å². The molecule has 2 aromatic rings. The van der Waals surface area contributed by atoms with Gasteiger partial charge in [-0.1, -0.05) is 49.7 Å². The minimum Gasteiger partial charge on any atom is -0.310 e. The van der Waals surface area contributed by atoms with Gasteiger partial charge in [0.25, 0.3) is 0 Å². The van der Waals surface area contributed by atoms with Gasteiger partial charge in [0.2, 0.25) is 0 Å². The van der Waals surface area contributed by atoms with E-state index in [-0.39, 0.29) is 0 Å². The van der Waals surface area contributed by atoms with Gasteiger partial charge >= 0.3 is 0 Å². The third-order valence-corrected chi connectivity index (χ3v) is 4.60. The van der Waals surface area contributed by atoms with Gasteiger partial charge in [-0.15, -0.1) is 11.8 Å². The third kappa shape index (κ3) is 5.22. The van der Waals surface area contributed by atoms with Crippen molar-refractivity contribution < 1.29 is 0 Å². The smallest absolute Gasteiger partial charge is 0.0234 e. The summed E-state index contributed by atoms with van der Waals surface area (Å²) >= 11 is 1.91. The van der Waals surface area contributed by atoms with Crippen LogP contribution in [-0.2, 0) is 12.3 Å². The van der Waals surface area contributed by atoms with Crippen molar-refractivity contribution in [1.29, 1.82) is 0 Å². The van der Waals surface area contributed by atoms with E-state index in [4.69, 9.17) is 0 Å². The van der Waals surface area contributed by atoms with Crippen LogP contribution in [0.5, 0.6) is 0 Å². The van der Waals surface area contributed by atoms with Crippen molar-refractivity contribution in [2.75, 3.05) is 0 Å². The number of thioether (sulfide) groups is 1. The molecule has 0 saturated heterocycles. The lowest BCUT2D eigenvalue weighted by Crippen LogP contribution is -2.21. The molecule has 2 heteroatoms. The number of aryl methyl sites for hydroxylation is 2. The van der Waals surface area contributed by atoms with E-state index in [2.05, 4.69) is 75.5 Å². The van der Waals surface area contributed by atoms with Crippen LogP contribution in [0.15, 0.2) is 47.4 Å². The summed E-state index contributed by atoms with van der Waals surface area (Å²) in [5, 5.41) is 3.45. The number of benzene rings is 2. The highest BCUT2D eigenvalue weighted by Crippen LogP contribution is 2.25. The Labute approximate surface area is 133 Å². The largest absolute Gasteiger partial charge is 0.310 e. The standard InChI is InChI=1S/C19H25NS/c1-14(2)20-12-17-7-9-19(10-8-17)21-13-18-11-15(3)5-6-16(18)4/h5-11,14,20H,12-13H2,1-4H3. The van der Waals surface area contributed by atoms with E-state index >= 15 is 0 Å². The molecule has 0 atom stereocenters. The Morgan fingerprint density at radius 3 is 2.38 bits per heavy atom. The predicted octanol–water partition coefficient (Wildman–Crippen LogP) is 5.09. The van der Waals surface area contributed by atoms with E-state index in [1.807, 2.05) is 11.8 Å². The maximum Gasteiger partial charge on any atom is 0.0234 e. The van der Waals surface area contributed by atoms with Crippen molar-refractivity contribution in [2.24, 2.45) is 0 Å². The second kappa shape index (κ2) is 7.67. The van der Waals surface area contributed by atoms with Crippen LogP contribution in [0.3, 0.4) is 0 Å². The zero-order valence-electron chi connectivity index (χ0n) is 13.4. The first kappa shape index (κ1) is 16.1. The van der Waals surface area contributed by atoms with E-state index in [9.17, 15) is 0 Å². The van der Waals surface area contributed by atoms with Gasteiger partial charge in [0, 0.05) is 23.2 Å². The zero-order valence-corrected chi connectivity index (χ0v) is 14.3. The Balaban J connectivity index is 1.93. The highest BCUT2D eigenvalue weighted by atomic mass is 32.2. The summed E-state index contributed by atoms with van der Waals surface area (Å²) < 4.78 is 0. The van der Waals surface area contributed by atoms with Crippen LogP contribution in [0.1, 0.15) is 36.1 Å². The van der Waals surface area contributed by atoms with Gasteiger partial charge < -0.3 is 5.32 Å². The average Bonchev–Trinajstić information content (AvgIpc) is 2.47. The van der Waals surface area contributed by atoms with Gasteiger partial charge in [-0.2, -0.15) is 0 Å². The molecule has 0 saturated carbocycles. The lowest BCUT2D eigenvalue weighted by Gasteiger charge is -2.09. The highest BCUT2D eigenvalue weighted by Gasteiger charge is 2.01. The van der Waals surface area contributed by atoms with Crippen LogP contribution in [0.4, 0.5) is 0 Å². The molecule has 0 aliphatic heterocycles. The predicted molar refractivity (Wildman–Crippen MR) is 93.9 cm³/mol. The van der Waals surface area contributed by atoms with Gasteiger partial charge in [0.05, 0.1) is 0 Å². The molecular weight excluding hydrogens is 274 g/mol. The van der Waals surface area contributed by atoms with Gasteiger partial charge in [0.15, 0.2) is 0 Å². The average molecular weight is 299 g/mol. The summed E-state index contributed by atoms with van der Waals surface area (Å²) in [4.78, 5) is 1.34. The number of hydrogen-bond donors (Lipinski definition) is 1. The summed E-state index contributed by atoms with van der Waals surface area (Å²) in [6.07, 6.45) is 0. The lowest BCUT2D eigenvalue weighted by molar-refractivity contribution is 0.588. The molecule has 0 aliphatic rings. The van der Waals surface area contributed by atoms with E-state index in [1.54, 1.807) is 0 Å². The topological polar surface area (TPSA) is 12.0 Å². The van der Waals surface area contributed by atoms with Gasteiger partial charge in [-0.05, 0) is 42.7 Å². The number of rotatable bonds is 6. The molecule has 0 fully saturated rings. The summed E-state index contributed by atoms with van der Waals surface area (Å²) in [6.45, 7) is 9.64. The Bertz CT molecular complexity index is 573. The Hall–Kier alpha value is -1.25. The maximum atomic E-state index is 3.45. The van der Waals surface area contributed by atoms with Crippen molar-refractivity contribution >= 4 is 11.8 Å². The molecule has 1 N–H and O–H groups in total. The molecule has 0 spiro atoms. The molecule has 0 unspecified atom stereocenters. The number of nitrogens with one attached hydrogen (secondary N) is 1. The fourth-order valence-electron chi connectivity index (χ4n) is 2.14. The Kier molecular flexibility index (Phi) is 5.89. The maximum absolute atomic E-state index is 3.45. The summed E-state index contributed by atoms with van der Waals surface area (Å²) in [7, 11) is 0. The fourth-order valence-corrected chi connectivity index (χ4v) is 3.10. The van der Waals surface area contributed by atoms with Crippen molar-refractivity contribution in [2.45, 2.75) is 50.9 Å². The Morgan fingerprint density at radius 2 is 1.71 bits per heavy atom. The van der Waals surface area contributed by atoms with Gasteiger partial charge in [-0.3, -0.25) is 0 Å². The van der Waals surface area contributed by atoms with Crippen LogP contribution < -0.4 is 5.32 Å².